The number of benzene rings is 1. The molecule has 2 N–H and O–H groups in total. The van der Waals surface area contributed by atoms with E-state index < -0.39 is 11.4 Å². The van der Waals surface area contributed by atoms with Gasteiger partial charge in [-0.2, -0.15) is 0 Å². The quantitative estimate of drug-likeness (QED) is 0.893. The van der Waals surface area contributed by atoms with Crippen LogP contribution in [0.15, 0.2) is 18.2 Å². The molecule has 1 aliphatic heterocycles. The Balaban J connectivity index is 1.95. The summed E-state index contributed by atoms with van der Waals surface area (Å²) in [5.41, 5.74) is 2.87. The zero-order chi connectivity index (χ0) is 15.5. The van der Waals surface area contributed by atoms with Crippen LogP contribution in [-0.4, -0.2) is 22.2 Å². The zero-order valence-corrected chi connectivity index (χ0v) is 13.3. The number of rotatable bonds is 2. The average molecular weight is 319 g/mol. The van der Waals surface area contributed by atoms with Gasteiger partial charge in [0.15, 0.2) is 0 Å². The van der Waals surface area contributed by atoms with Crippen LogP contribution in [-0.2, 0) is 18.3 Å². The van der Waals surface area contributed by atoms with E-state index in [2.05, 4.69) is 9.88 Å². The van der Waals surface area contributed by atoms with Gasteiger partial charge in [0.2, 0.25) is 0 Å². The topological polar surface area (TPSA) is 54.3 Å². The standard InChI is InChI=1S/C17H19ClN2O2/c1-20-13-4-3-10(18)9-12(13)11-5-8-19-15(14(11)20)17(16(21)22)6-2-7-17/h3-4,9,15,19H,2,5-8H2,1H3,(H,21,22). The zero-order valence-electron chi connectivity index (χ0n) is 12.5. The van der Waals surface area contributed by atoms with Crippen LogP contribution >= 0.6 is 11.6 Å². The minimum atomic E-state index is -0.674. The van der Waals surface area contributed by atoms with E-state index in [1.165, 1.54) is 5.56 Å². The van der Waals surface area contributed by atoms with Crippen LogP contribution in [0.5, 0.6) is 0 Å². The third-order valence-corrected chi connectivity index (χ3v) is 5.77. The van der Waals surface area contributed by atoms with E-state index in [0.29, 0.717) is 0 Å². The van der Waals surface area contributed by atoms with E-state index in [0.717, 1.165) is 53.8 Å². The maximum atomic E-state index is 11.9. The van der Waals surface area contributed by atoms with E-state index in [4.69, 9.17) is 11.6 Å². The summed E-state index contributed by atoms with van der Waals surface area (Å²) in [6.07, 6.45) is 3.41. The molecule has 22 heavy (non-hydrogen) atoms. The maximum Gasteiger partial charge on any atom is 0.311 e. The lowest BCUT2D eigenvalue weighted by Gasteiger charge is -2.46. The highest BCUT2D eigenvalue weighted by Gasteiger charge is 2.53. The van der Waals surface area contributed by atoms with Gasteiger partial charge in [-0.15, -0.1) is 0 Å². The molecule has 0 saturated heterocycles. The molecule has 1 aliphatic carbocycles. The molecule has 2 aromatic rings. The monoisotopic (exact) mass is 318 g/mol. The van der Waals surface area contributed by atoms with Crippen molar-refractivity contribution in [3.8, 4) is 0 Å². The second-order valence-electron chi connectivity index (χ2n) is 6.54. The van der Waals surface area contributed by atoms with Gasteiger partial charge >= 0.3 is 5.97 Å². The molecular weight excluding hydrogens is 300 g/mol. The summed E-state index contributed by atoms with van der Waals surface area (Å²) in [5, 5.41) is 15.2. The van der Waals surface area contributed by atoms with Gasteiger partial charge in [0, 0.05) is 28.7 Å². The number of aliphatic carboxylic acids is 1. The van der Waals surface area contributed by atoms with E-state index >= 15 is 0 Å². The van der Waals surface area contributed by atoms with Gasteiger partial charge in [0.05, 0.1) is 11.5 Å². The number of aromatic nitrogens is 1. The number of aryl methyl sites for hydroxylation is 1. The van der Waals surface area contributed by atoms with E-state index in [1.807, 2.05) is 25.2 Å². The highest BCUT2D eigenvalue weighted by atomic mass is 35.5. The molecule has 1 fully saturated rings. The van der Waals surface area contributed by atoms with Gasteiger partial charge in [-0.05, 0) is 49.6 Å². The van der Waals surface area contributed by atoms with E-state index in [-0.39, 0.29) is 6.04 Å². The van der Waals surface area contributed by atoms with Crippen molar-refractivity contribution in [1.82, 2.24) is 9.88 Å². The number of nitrogens with zero attached hydrogens (tertiary/aromatic N) is 1. The normalized spacial score (nSPS) is 23.1. The molecule has 0 amide bonds. The Hall–Kier alpha value is -1.52. The van der Waals surface area contributed by atoms with Crippen LogP contribution in [0.1, 0.15) is 36.6 Å². The molecule has 5 heteroatoms. The predicted octanol–water partition coefficient (Wildman–Crippen LogP) is 3.27. The molecule has 1 aromatic carbocycles. The Morgan fingerprint density at radius 2 is 2.23 bits per heavy atom. The Labute approximate surface area is 134 Å². The molecule has 1 unspecified atom stereocenters. The molecule has 0 spiro atoms. The highest BCUT2D eigenvalue weighted by molar-refractivity contribution is 6.31. The van der Waals surface area contributed by atoms with Crippen molar-refractivity contribution in [1.29, 1.82) is 0 Å². The first kappa shape index (κ1) is 14.1. The number of carbonyl (C=O) groups is 1. The van der Waals surface area contributed by atoms with Gasteiger partial charge < -0.3 is 15.0 Å². The first-order valence-corrected chi connectivity index (χ1v) is 8.16. The fraction of sp³-hybridized carbons (Fsp3) is 0.471. The fourth-order valence-corrected chi connectivity index (χ4v) is 4.39. The summed E-state index contributed by atoms with van der Waals surface area (Å²) in [7, 11) is 2.03. The number of nitrogens with one attached hydrogen (secondary N) is 1. The Bertz CT molecular complexity index is 777. The van der Waals surface area contributed by atoms with Crippen LogP contribution < -0.4 is 5.32 Å². The van der Waals surface area contributed by atoms with Crippen molar-refractivity contribution in [3.63, 3.8) is 0 Å². The minimum Gasteiger partial charge on any atom is -0.481 e. The molecule has 2 aliphatic rings. The van der Waals surface area contributed by atoms with Crippen molar-refractivity contribution in [2.75, 3.05) is 6.54 Å². The molecule has 0 radical (unpaired) electrons. The van der Waals surface area contributed by atoms with Crippen molar-refractivity contribution >= 4 is 28.5 Å². The highest BCUT2D eigenvalue weighted by Crippen LogP contribution is 2.53. The summed E-state index contributed by atoms with van der Waals surface area (Å²) in [4.78, 5) is 11.9. The number of fused-ring (bicyclic) bond motifs is 3. The Morgan fingerprint density at radius 1 is 1.45 bits per heavy atom. The van der Waals surface area contributed by atoms with Gasteiger partial charge in [-0.1, -0.05) is 18.0 Å². The van der Waals surface area contributed by atoms with Gasteiger partial charge in [0.1, 0.15) is 0 Å². The maximum absolute atomic E-state index is 11.9. The van der Waals surface area contributed by atoms with Crippen molar-refractivity contribution < 1.29 is 9.90 Å². The summed E-state index contributed by atoms with van der Waals surface area (Å²) < 4.78 is 2.15. The Kier molecular flexibility index (Phi) is 3.03. The van der Waals surface area contributed by atoms with Crippen molar-refractivity contribution in [2.24, 2.45) is 12.5 Å². The number of carboxylic acids is 1. The van der Waals surface area contributed by atoms with Gasteiger partial charge in [-0.25, -0.2) is 0 Å². The molecule has 1 atom stereocenters. The van der Waals surface area contributed by atoms with Crippen LogP contribution in [0.4, 0.5) is 0 Å². The molecule has 2 heterocycles. The number of carboxylic acid groups (broad SMARTS) is 1. The molecule has 1 saturated carbocycles. The molecule has 0 bridgehead atoms. The van der Waals surface area contributed by atoms with Crippen molar-refractivity contribution in [3.05, 3.63) is 34.5 Å². The number of hydrogen-bond acceptors (Lipinski definition) is 2. The first-order valence-electron chi connectivity index (χ1n) is 7.78. The molecular formula is C17H19ClN2O2. The molecule has 1 aromatic heterocycles. The smallest absolute Gasteiger partial charge is 0.311 e. The minimum absolute atomic E-state index is 0.112. The SMILES string of the molecule is Cn1c2c(c3cc(Cl)ccc31)CCNC2C1(C(=O)O)CCC1. The largest absolute Gasteiger partial charge is 0.481 e. The lowest BCUT2D eigenvalue weighted by Crippen LogP contribution is -2.51. The molecule has 4 nitrogen and oxygen atoms in total. The number of halogens is 1. The second kappa shape index (κ2) is 4.74. The van der Waals surface area contributed by atoms with Crippen LogP contribution in [0.2, 0.25) is 5.02 Å². The third kappa shape index (κ3) is 1.71. The van der Waals surface area contributed by atoms with Gasteiger partial charge in [-0.3, -0.25) is 4.79 Å². The first-order chi connectivity index (χ1) is 10.5. The second-order valence-corrected chi connectivity index (χ2v) is 6.97. The number of hydrogen-bond donors (Lipinski definition) is 2. The Morgan fingerprint density at radius 3 is 2.86 bits per heavy atom. The molecule has 116 valence electrons. The fourth-order valence-electron chi connectivity index (χ4n) is 4.22. The van der Waals surface area contributed by atoms with E-state index in [9.17, 15) is 9.90 Å². The summed E-state index contributed by atoms with van der Waals surface area (Å²) in [5.74, 6) is -0.674. The summed E-state index contributed by atoms with van der Waals surface area (Å²) >= 11 is 6.17. The predicted molar refractivity (Wildman–Crippen MR) is 86.3 cm³/mol. The summed E-state index contributed by atoms with van der Waals surface area (Å²) in [6.45, 7) is 0.818. The van der Waals surface area contributed by atoms with Crippen LogP contribution in [0, 0.1) is 5.41 Å². The third-order valence-electron chi connectivity index (χ3n) is 5.54. The lowest BCUT2D eigenvalue weighted by atomic mass is 9.62. The lowest BCUT2D eigenvalue weighted by molar-refractivity contribution is -0.158. The van der Waals surface area contributed by atoms with E-state index in [1.54, 1.807) is 0 Å². The summed E-state index contributed by atoms with van der Waals surface area (Å²) in [6, 6.07) is 5.82. The van der Waals surface area contributed by atoms with Crippen LogP contribution in [0.3, 0.4) is 0 Å². The van der Waals surface area contributed by atoms with Crippen LogP contribution in [0.25, 0.3) is 10.9 Å². The average Bonchev–Trinajstić information content (AvgIpc) is 2.71. The molecule has 4 rings (SSSR count). The van der Waals surface area contributed by atoms with Gasteiger partial charge in [0.25, 0.3) is 0 Å². The van der Waals surface area contributed by atoms with Crippen molar-refractivity contribution in [2.45, 2.75) is 31.7 Å².